The number of hydrogen-bond donors (Lipinski definition) is 1. The van der Waals surface area contributed by atoms with E-state index in [9.17, 15) is 9.59 Å². The van der Waals surface area contributed by atoms with Crippen molar-refractivity contribution in [2.45, 2.75) is 45.7 Å². The zero-order chi connectivity index (χ0) is 25.0. The first-order valence-electron chi connectivity index (χ1n) is 12.0. The summed E-state index contributed by atoms with van der Waals surface area (Å²) in [5.74, 6) is 0.212. The molecule has 6 heteroatoms. The summed E-state index contributed by atoms with van der Waals surface area (Å²) >= 11 is 6.22. The summed E-state index contributed by atoms with van der Waals surface area (Å²) in [5, 5.41) is 3.60. The number of nitrogens with zero attached hydrogens (tertiary/aromatic N) is 1. The Kier molecular flexibility index (Phi) is 10.2. The molecule has 0 saturated carbocycles. The molecular weight excluding hydrogens is 460 g/mol. The molecule has 184 valence electrons. The van der Waals surface area contributed by atoms with Crippen LogP contribution >= 0.6 is 11.6 Å². The van der Waals surface area contributed by atoms with Gasteiger partial charge < -0.3 is 15.0 Å². The Morgan fingerprint density at radius 3 is 2.40 bits per heavy atom. The first kappa shape index (κ1) is 26.3. The third-order valence-electron chi connectivity index (χ3n) is 5.79. The Bertz CT molecular complexity index is 1100. The highest BCUT2D eigenvalue weighted by atomic mass is 35.5. The van der Waals surface area contributed by atoms with Crippen molar-refractivity contribution in [3.63, 3.8) is 0 Å². The van der Waals surface area contributed by atoms with Gasteiger partial charge >= 0.3 is 0 Å². The van der Waals surface area contributed by atoms with Crippen molar-refractivity contribution in [2.75, 3.05) is 13.2 Å². The summed E-state index contributed by atoms with van der Waals surface area (Å²) in [7, 11) is 0. The highest BCUT2D eigenvalue weighted by molar-refractivity contribution is 6.30. The fourth-order valence-corrected chi connectivity index (χ4v) is 4.05. The number of aryl methyl sites for hydroxylation is 1. The van der Waals surface area contributed by atoms with Gasteiger partial charge in [-0.2, -0.15) is 0 Å². The molecule has 0 aliphatic carbocycles. The van der Waals surface area contributed by atoms with Crippen LogP contribution in [-0.4, -0.2) is 35.9 Å². The number of ether oxygens (including phenoxy) is 1. The van der Waals surface area contributed by atoms with Gasteiger partial charge in [0.1, 0.15) is 11.8 Å². The van der Waals surface area contributed by atoms with E-state index in [1.165, 1.54) is 0 Å². The molecule has 0 aliphatic rings. The molecule has 1 atom stereocenters. The Morgan fingerprint density at radius 2 is 1.69 bits per heavy atom. The van der Waals surface area contributed by atoms with Crippen molar-refractivity contribution in [1.82, 2.24) is 10.2 Å². The molecule has 3 aromatic carbocycles. The molecule has 0 aliphatic heterocycles. The van der Waals surface area contributed by atoms with Crippen LogP contribution in [0.2, 0.25) is 5.02 Å². The lowest BCUT2D eigenvalue weighted by Gasteiger charge is -2.31. The molecule has 35 heavy (non-hydrogen) atoms. The van der Waals surface area contributed by atoms with Crippen molar-refractivity contribution in [2.24, 2.45) is 0 Å². The number of para-hydroxylation sites is 1. The Labute approximate surface area is 213 Å². The van der Waals surface area contributed by atoms with Crippen molar-refractivity contribution >= 4 is 23.4 Å². The van der Waals surface area contributed by atoms with Crippen LogP contribution in [0.1, 0.15) is 36.5 Å². The quantitative estimate of drug-likeness (QED) is 0.335. The second kappa shape index (κ2) is 13.5. The SMILES string of the molecule is CCCCNC(=O)[C@H](Cc1ccccc1)N(Cc1cccc(Cl)c1)C(=O)COc1ccccc1C. The van der Waals surface area contributed by atoms with Crippen LogP contribution in [0, 0.1) is 6.92 Å². The third kappa shape index (κ3) is 8.15. The number of hydrogen-bond acceptors (Lipinski definition) is 3. The fourth-order valence-electron chi connectivity index (χ4n) is 3.83. The van der Waals surface area contributed by atoms with E-state index < -0.39 is 6.04 Å². The van der Waals surface area contributed by atoms with Crippen LogP contribution in [0.25, 0.3) is 0 Å². The van der Waals surface area contributed by atoms with E-state index in [4.69, 9.17) is 16.3 Å². The smallest absolute Gasteiger partial charge is 0.261 e. The van der Waals surface area contributed by atoms with Crippen molar-refractivity contribution < 1.29 is 14.3 Å². The average Bonchev–Trinajstić information content (AvgIpc) is 2.86. The van der Waals surface area contributed by atoms with Gasteiger partial charge in [-0.1, -0.05) is 85.6 Å². The van der Waals surface area contributed by atoms with Crippen molar-refractivity contribution in [3.05, 3.63) is 101 Å². The maximum absolute atomic E-state index is 13.6. The second-order valence-corrected chi connectivity index (χ2v) is 8.99. The number of carbonyl (C=O) groups excluding carboxylic acids is 2. The van der Waals surface area contributed by atoms with E-state index in [0.29, 0.717) is 23.7 Å². The van der Waals surface area contributed by atoms with Gasteiger partial charge in [-0.15, -0.1) is 0 Å². The molecule has 3 aromatic rings. The molecule has 0 spiro atoms. The predicted octanol–water partition coefficient (Wildman–Crippen LogP) is 5.58. The summed E-state index contributed by atoms with van der Waals surface area (Å²) in [6, 6.07) is 24.0. The lowest BCUT2D eigenvalue weighted by atomic mass is 10.0. The lowest BCUT2D eigenvalue weighted by molar-refractivity contribution is -0.142. The number of amides is 2. The molecule has 0 bridgehead atoms. The van der Waals surface area contributed by atoms with Crippen LogP contribution < -0.4 is 10.1 Å². The molecule has 0 fully saturated rings. The Balaban J connectivity index is 1.89. The Hall–Kier alpha value is -3.31. The summed E-state index contributed by atoms with van der Waals surface area (Å²) in [5.41, 5.74) is 2.77. The molecule has 0 radical (unpaired) electrons. The topological polar surface area (TPSA) is 58.6 Å². The van der Waals surface area contributed by atoms with Crippen molar-refractivity contribution in [1.29, 1.82) is 0 Å². The molecule has 0 aromatic heterocycles. The van der Waals surface area contributed by atoms with Gasteiger partial charge in [0.15, 0.2) is 6.61 Å². The third-order valence-corrected chi connectivity index (χ3v) is 6.02. The van der Waals surface area contributed by atoms with E-state index >= 15 is 0 Å². The van der Waals surface area contributed by atoms with E-state index in [-0.39, 0.29) is 25.0 Å². The molecular formula is C29H33ClN2O3. The van der Waals surface area contributed by atoms with E-state index in [1.807, 2.05) is 79.7 Å². The van der Waals surface area contributed by atoms with Crippen molar-refractivity contribution in [3.8, 4) is 5.75 Å². The normalized spacial score (nSPS) is 11.5. The van der Waals surface area contributed by atoms with Gasteiger partial charge in [-0.3, -0.25) is 9.59 Å². The second-order valence-electron chi connectivity index (χ2n) is 8.56. The van der Waals surface area contributed by atoms with Crippen LogP contribution in [0.3, 0.4) is 0 Å². The average molecular weight is 493 g/mol. The summed E-state index contributed by atoms with van der Waals surface area (Å²) in [4.78, 5) is 28.6. The fraction of sp³-hybridized carbons (Fsp3) is 0.310. The summed E-state index contributed by atoms with van der Waals surface area (Å²) in [6.45, 7) is 4.65. The highest BCUT2D eigenvalue weighted by Crippen LogP contribution is 2.20. The number of nitrogens with one attached hydrogen (secondary N) is 1. The van der Waals surface area contributed by atoms with Crippen LogP contribution in [0.4, 0.5) is 0 Å². The first-order chi connectivity index (χ1) is 17.0. The van der Waals surface area contributed by atoms with Crippen LogP contribution in [0.5, 0.6) is 5.75 Å². The molecule has 0 unspecified atom stereocenters. The minimum absolute atomic E-state index is 0.168. The lowest BCUT2D eigenvalue weighted by Crippen LogP contribution is -2.51. The standard InChI is InChI=1S/C29H33ClN2O3/c1-3-4-17-31-29(34)26(19-23-12-6-5-7-13-23)32(20-24-14-10-15-25(30)18-24)28(33)21-35-27-16-9-8-11-22(27)2/h5-16,18,26H,3-4,17,19-21H2,1-2H3,(H,31,34)/t26-/m0/s1. The van der Waals surface area contributed by atoms with E-state index in [1.54, 1.807) is 11.0 Å². The maximum atomic E-state index is 13.6. The molecule has 1 N–H and O–H groups in total. The number of rotatable bonds is 12. The molecule has 0 saturated heterocycles. The summed E-state index contributed by atoms with van der Waals surface area (Å²) < 4.78 is 5.87. The largest absolute Gasteiger partial charge is 0.484 e. The molecule has 2 amide bonds. The monoisotopic (exact) mass is 492 g/mol. The number of carbonyl (C=O) groups is 2. The minimum Gasteiger partial charge on any atom is -0.484 e. The highest BCUT2D eigenvalue weighted by Gasteiger charge is 2.30. The maximum Gasteiger partial charge on any atom is 0.261 e. The number of unbranched alkanes of at least 4 members (excludes halogenated alkanes) is 1. The van der Waals surface area contributed by atoms with E-state index in [2.05, 4.69) is 12.2 Å². The first-order valence-corrected chi connectivity index (χ1v) is 12.4. The zero-order valence-corrected chi connectivity index (χ0v) is 21.1. The molecule has 3 rings (SSSR count). The van der Waals surface area contributed by atoms with E-state index in [0.717, 1.165) is 29.5 Å². The predicted molar refractivity (Wildman–Crippen MR) is 141 cm³/mol. The summed E-state index contributed by atoms with van der Waals surface area (Å²) in [6.07, 6.45) is 2.25. The van der Waals surface area contributed by atoms with Crippen LogP contribution in [0.15, 0.2) is 78.9 Å². The zero-order valence-electron chi connectivity index (χ0n) is 20.4. The molecule has 0 heterocycles. The van der Waals surface area contributed by atoms with Gasteiger partial charge in [0, 0.05) is 24.5 Å². The number of benzene rings is 3. The van der Waals surface area contributed by atoms with Gasteiger partial charge in [-0.05, 0) is 48.2 Å². The molecule has 5 nitrogen and oxygen atoms in total. The van der Waals surface area contributed by atoms with Crippen LogP contribution in [-0.2, 0) is 22.6 Å². The van der Waals surface area contributed by atoms with Gasteiger partial charge in [-0.25, -0.2) is 0 Å². The van der Waals surface area contributed by atoms with Gasteiger partial charge in [0.05, 0.1) is 0 Å². The number of halogens is 1. The Morgan fingerprint density at radius 1 is 0.971 bits per heavy atom. The van der Waals surface area contributed by atoms with Gasteiger partial charge in [0.2, 0.25) is 5.91 Å². The minimum atomic E-state index is -0.693. The van der Waals surface area contributed by atoms with Gasteiger partial charge in [0.25, 0.3) is 5.91 Å².